The average molecular weight is 245 g/mol. The van der Waals surface area contributed by atoms with Gasteiger partial charge in [-0.2, -0.15) is 0 Å². The highest BCUT2D eigenvalue weighted by molar-refractivity contribution is 5.31. The third kappa shape index (κ3) is 2.03. The van der Waals surface area contributed by atoms with Crippen molar-refractivity contribution in [1.82, 2.24) is 5.32 Å². The van der Waals surface area contributed by atoms with E-state index < -0.39 is 0 Å². The zero-order chi connectivity index (χ0) is 12.6. The molecule has 18 heavy (non-hydrogen) atoms. The summed E-state index contributed by atoms with van der Waals surface area (Å²) < 4.78 is 0. The van der Waals surface area contributed by atoms with Crippen molar-refractivity contribution in [1.29, 1.82) is 0 Å². The number of phenolic OH excluding ortho intramolecular Hbond substituents is 1. The minimum absolute atomic E-state index is 0.399. The van der Waals surface area contributed by atoms with Crippen molar-refractivity contribution < 1.29 is 5.11 Å². The van der Waals surface area contributed by atoms with Gasteiger partial charge in [0.15, 0.2) is 0 Å². The summed E-state index contributed by atoms with van der Waals surface area (Å²) in [6.07, 6.45) is 5.44. The first kappa shape index (κ1) is 12.0. The van der Waals surface area contributed by atoms with Crippen LogP contribution in [0.5, 0.6) is 5.75 Å². The van der Waals surface area contributed by atoms with Crippen molar-refractivity contribution in [2.24, 2.45) is 11.3 Å². The third-order valence-electron chi connectivity index (χ3n) is 5.09. The molecule has 98 valence electrons. The molecule has 1 saturated carbocycles. The number of fused-ring (bicyclic) bond motifs is 1. The summed E-state index contributed by atoms with van der Waals surface area (Å²) in [7, 11) is 0. The minimum Gasteiger partial charge on any atom is -0.508 e. The molecule has 3 unspecified atom stereocenters. The number of rotatable bonds is 1. The largest absolute Gasteiger partial charge is 0.508 e. The predicted octanol–water partition coefficient (Wildman–Crippen LogP) is 3.28. The van der Waals surface area contributed by atoms with Crippen LogP contribution >= 0.6 is 0 Å². The molecular formula is C16H23NO. The van der Waals surface area contributed by atoms with Gasteiger partial charge < -0.3 is 10.4 Å². The second kappa shape index (κ2) is 4.58. The Kier molecular flexibility index (Phi) is 3.06. The Bertz CT molecular complexity index is 427. The molecule has 0 radical (unpaired) electrons. The van der Waals surface area contributed by atoms with Gasteiger partial charge in [-0.3, -0.25) is 0 Å². The van der Waals surface area contributed by atoms with Gasteiger partial charge in [0.2, 0.25) is 0 Å². The summed E-state index contributed by atoms with van der Waals surface area (Å²) in [5.74, 6) is 1.74. The fourth-order valence-corrected chi connectivity index (χ4v) is 4.09. The normalized spacial score (nSPS) is 36.1. The zero-order valence-corrected chi connectivity index (χ0v) is 11.2. The predicted molar refractivity (Wildman–Crippen MR) is 73.8 cm³/mol. The molecule has 2 heteroatoms. The topological polar surface area (TPSA) is 32.3 Å². The number of phenols is 1. The summed E-state index contributed by atoms with van der Waals surface area (Å²) in [6.45, 7) is 4.66. The van der Waals surface area contributed by atoms with Gasteiger partial charge in [0.05, 0.1) is 0 Å². The molecule has 1 aromatic carbocycles. The maximum atomic E-state index is 9.68. The summed E-state index contributed by atoms with van der Waals surface area (Å²) >= 11 is 0. The van der Waals surface area contributed by atoms with Crippen LogP contribution in [0, 0.1) is 11.3 Å². The highest BCUT2D eigenvalue weighted by Crippen LogP contribution is 2.49. The van der Waals surface area contributed by atoms with E-state index in [1.165, 1.54) is 31.2 Å². The van der Waals surface area contributed by atoms with Crippen LogP contribution < -0.4 is 5.32 Å². The van der Waals surface area contributed by atoms with Gasteiger partial charge in [-0.15, -0.1) is 0 Å². The SMILES string of the molecule is CC12CCCCC1C(c1cccc(O)c1)CNC2. The van der Waals surface area contributed by atoms with Crippen molar-refractivity contribution in [3.63, 3.8) is 0 Å². The lowest BCUT2D eigenvalue weighted by atomic mass is 9.59. The van der Waals surface area contributed by atoms with Gasteiger partial charge in [-0.1, -0.05) is 31.9 Å². The van der Waals surface area contributed by atoms with Gasteiger partial charge in [0.1, 0.15) is 5.75 Å². The zero-order valence-electron chi connectivity index (χ0n) is 11.2. The van der Waals surface area contributed by atoms with Crippen LogP contribution in [-0.2, 0) is 0 Å². The molecule has 2 fully saturated rings. The van der Waals surface area contributed by atoms with E-state index in [9.17, 15) is 5.11 Å². The molecule has 1 heterocycles. The van der Waals surface area contributed by atoms with Gasteiger partial charge in [0, 0.05) is 13.1 Å². The molecule has 1 aromatic rings. The quantitative estimate of drug-likeness (QED) is 0.796. The summed E-state index contributed by atoms with van der Waals surface area (Å²) in [4.78, 5) is 0. The van der Waals surface area contributed by atoms with E-state index in [1.54, 1.807) is 6.07 Å². The van der Waals surface area contributed by atoms with Crippen molar-refractivity contribution in [2.75, 3.05) is 13.1 Å². The van der Waals surface area contributed by atoms with Gasteiger partial charge >= 0.3 is 0 Å². The number of piperidine rings is 1. The van der Waals surface area contributed by atoms with Crippen LogP contribution in [-0.4, -0.2) is 18.2 Å². The molecule has 0 bridgehead atoms. The maximum absolute atomic E-state index is 9.68. The van der Waals surface area contributed by atoms with E-state index >= 15 is 0 Å². The van der Waals surface area contributed by atoms with Gasteiger partial charge in [-0.05, 0) is 47.8 Å². The number of nitrogens with one attached hydrogen (secondary N) is 1. The summed E-state index contributed by atoms with van der Waals surface area (Å²) in [5, 5.41) is 13.3. The molecule has 1 aliphatic carbocycles. The molecule has 1 saturated heterocycles. The lowest BCUT2D eigenvalue weighted by molar-refractivity contribution is 0.0605. The standard InChI is InChI=1S/C16H23NO/c1-16-8-3-2-7-15(16)14(10-17-11-16)12-5-4-6-13(18)9-12/h4-6,9,14-15,17-18H,2-3,7-8,10-11H2,1H3. The maximum Gasteiger partial charge on any atom is 0.115 e. The van der Waals surface area contributed by atoms with Crippen molar-refractivity contribution in [2.45, 2.75) is 38.5 Å². The number of hydrogen-bond donors (Lipinski definition) is 2. The molecular weight excluding hydrogens is 222 g/mol. The van der Waals surface area contributed by atoms with E-state index in [1.807, 2.05) is 12.1 Å². The smallest absolute Gasteiger partial charge is 0.115 e. The van der Waals surface area contributed by atoms with E-state index in [0.29, 0.717) is 17.1 Å². The number of benzene rings is 1. The monoisotopic (exact) mass is 245 g/mol. The lowest BCUT2D eigenvalue weighted by Gasteiger charge is -2.49. The number of hydrogen-bond acceptors (Lipinski definition) is 2. The Morgan fingerprint density at radius 2 is 2.22 bits per heavy atom. The molecule has 0 spiro atoms. The van der Waals surface area contributed by atoms with E-state index in [0.717, 1.165) is 19.0 Å². The van der Waals surface area contributed by atoms with Gasteiger partial charge in [-0.25, -0.2) is 0 Å². The molecule has 3 atom stereocenters. The first-order valence-corrected chi connectivity index (χ1v) is 7.19. The molecule has 1 aliphatic heterocycles. The Hall–Kier alpha value is -1.02. The Balaban J connectivity index is 1.91. The molecule has 2 aliphatic rings. The Labute approximate surface area is 109 Å². The van der Waals surface area contributed by atoms with E-state index in [-0.39, 0.29) is 0 Å². The van der Waals surface area contributed by atoms with Crippen molar-refractivity contribution >= 4 is 0 Å². The summed E-state index contributed by atoms with van der Waals surface area (Å²) in [6, 6.07) is 7.86. The van der Waals surface area contributed by atoms with Crippen LogP contribution in [0.2, 0.25) is 0 Å². The molecule has 0 aromatic heterocycles. The Morgan fingerprint density at radius 1 is 1.33 bits per heavy atom. The molecule has 2 N–H and O–H groups in total. The lowest BCUT2D eigenvalue weighted by Crippen LogP contribution is -2.50. The third-order valence-corrected chi connectivity index (χ3v) is 5.09. The fraction of sp³-hybridized carbons (Fsp3) is 0.625. The fourth-order valence-electron chi connectivity index (χ4n) is 4.09. The van der Waals surface area contributed by atoms with E-state index in [4.69, 9.17) is 0 Å². The molecule has 3 rings (SSSR count). The first-order valence-electron chi connectivity index (χ1n) is 7.19. The van der Waals surface area contributed by atoms with Gasteiger partial charge in [0.25, 0.3) is 0 Å². The minimum atomic E-state index is 0.399. The van der Waals surface area contributed by atoms with Crippen LogP contribution in [0.4, 0.5) is 0 Å². The molecule has 0 amide bonds. The first-order chi connectivity index (χ1) is 8.69. The van der Waals surface area contributed by atoms with Crippen LogP contribution in [0.1, 0.15) is 44.1 Å². The van der Waals surface area contributed by atoms with E-state index in [2.05, 4.69) is 18.3 Å². The second-order valence-corrected chi connectivity index (χ2v) is 6.34. The van der Waals surface area contributed by atoms with Crippen molar-refractivity contribution in [3.05, 3.63) is 29.8 Å². The highest BCUT2D eigenvalue weighted by atomic mass is 16.3. The highest BCUT2D eigenvalue weighted by Gasteiger charge is 2.43. The van der Waals surface area contributed by atoms with Crippen molar-refractivity contribution in [3.8, 4) is 5.75 Å². The Morgan fingerprint density at radius 3 is 3.06 bits per heavy atom. The van der Waals surface area contributed by atoms with Crippen LogP contribution in [0.25, 0.3) is 0 Å². The summed E-state index contributed by atoms with van der Waals surface area (Å²) in [5.41, 5.74) is 1.76. The van der Waals surface area contributed by atoms with Crippen LogP contribution in [0.3, 0.4) is 0 Å². The van der Waals surface area contributed by atoms with Crippen LogP contribution in [0.15, 0.2) is 24.3 Å². The average Bonchev–Trinajstić information content (AvgIpc) is 2.37. The molecule has 2 nitrogen and oxygen atoms in total. The second-order valence-electron chi connectivity index (χ2n) is 6.34. The number of aromatic hydroxyl groups is 1.